The Kier molecular flexibility index (Phi) is 3.78. The van der Waals surface area contributed by atoms with E-state index in [1.165, 1.54) is 0 Å². The second-order valence-corrected chi connectivity index (χ2v) is 5.67. The van der Waals surface area contributed by atoms with Gasteiger partial charge in [-0.25, -0.2) is 0 Å². The summed E-state index contributed by atoms with van der Waals surface area (Å²) in [6.45, 7) is 1.40. The van der Waals surface area contributed by atoms with Crippen LogP contribution in [0.3, 0.4) is 0 Å². The number of β-amino-alcohol motifs (C(OH)–C–C–N with tert-alkyl or cyclic N) is 1. The number of nitrogens with zero attached hydrogens (tertiary/aromatic N) is 2. The van der Waals surface area contributed by atoms with E-state index in [0.29, 0.717) is 11.6 Å². The molecule has 1 fully saturated rings. The van der Waals surface area contributed by atoms with Crippen molar-refractivity contribution in [1.82, 2.24) is 4.98 Å². The minimum absolute atomic E-state index is 0.0196. The first kappa shape index (κ1) is 13.6. The summed E-state index contributed by atoms with van der Waals surface area (Å²) in [7, 11) is 0. The molecule has 0 bridgehead atoms. The lowest BCUT2D eigenvalue weighted by Crippen LogP contribution is -2.45. The van der Waals surface area contributed by atoms with E-state index in [9.17, 15) is 10.2 Å². The van der Waals surface area contributed by atoms with Crippen LogP contribution < -0.4 is 4.90 Å². The SMILES string of the molecule is OC[C@@H]1CCN(c2ccnc3cc(Cl)ccc23)C[C@H]1O. The van der Waals surface area contributed by atoms with Crippen LogP contribution >= 0.6 is 11.6 Å². The van der Waals surface area contributed by atoms with Crippen molar-refractivity contribution in [2.45, 2.75) is 12.5 Å². The third-order valence-electron chi connectivity index (χ3n) is 3.98. The molecule has 2 aromatic rings. The summed E-state index contributed by atoms with van der Waals surface area (Å²) < 4.78 is 0. The Morgan fingerprint density at radius 3 is 2.95 bits per heavy atom. The first-order chi connectivity index (χ1) is 9.69. The molecule has 2 atom stereocenters. The number of aromatic nitrogens is 1. The fourth-order valence-corrected chi connectivity index (χ4v) is 2.96. The number of aliphatic hydroxyl groups is 2. The van der Waals surface area contributed by atoms with Crippen LogP contribution in [0, 0.1) is 5.92 Å². The van der Waals surface area contributed by atoms with Crippen molar-refractivity contribution in [2.24, 2.45) is 5.92 Å². The molecule has 5 heteroatoms. The summed E-state index contributed by atoms with van der Waals surface area (Å²) >= 11 is 6.00. The number of pyridine rings is 1. The molecule has 0 radical (unpaired) electrons. The van der Waals surface area contributed by atoms with E-state index < -0.39 is 6.10 Å². The number of hydrogen-bond donors (Lipinski definition) is 2. The first-order valence-electron chi connectivity index (χ1n) is 6.77. The topological polar surface area (TPSA) is 56.6 Å². The van der Waals surface area contributed by atoms with Crippen LogP contribution in [0.4, 0.5) is 5.69 Å². The maximum absolute atomic E-state index is 10.1. The Bertz CT molecular complexity index is 620. The largest absolute Gasteiger partial charge is 0.396 e. The minimum Gasteiger partial charge on any atom is -0.396 e. The monoisotopic (exact) mass is 292 g/mol. The molecule has 1 aromatic heterocycles. The summed E-state index contributed by atoms with van der Waals surface area (Å²) in [6, 6.07) is 7.62. The summed E-state index contributed by atoms with van der Waals surface area (Å²) in [5.41, 5.74) is 1.91. The lowest BCUT2D eigenvalue weighted by atomic mass is 9.94. The highest BCUT2D eigenvalue weighted by atomic mass is 35.5. The third kappa shape index (κ3) is 2.46. The highest BCUT2D eigenvalue weighted by molar-refractivity contribution is 6.31. The number of hydrogen-bond acceptors (Lipinski definition) is 4. The zero-order valence-electron chi connectivity index (χ0n) is 11.0. The molecule has 1 aliphatic rings. The highest BCUT2D eigenvalue weighted by Crippen LogP contribution is 2.30. The summed E-state index contributed by atoms with van der Waals surface area (Å²) in [6.07, 6.45) is 2.05. The summed E-state index contributed by atoms with van der Waals surface area (Å²) in [4.78, 5) is 6.48. The Morgan fingerprint density at radius 1 is 1.35 bits per heavy atom. The van der Waals surface area contributed by atoms with Gasteiger partial charge in [0.15, 0.2) is 0 Å². The number of fused-ring (bicyclic) bond motifs is 1. The van der Waals surface area contributed by atoms with Crippen LogP contribution in [0.25, 0.3) is 10.9 Å². The normalized spacial score (nSPS) is 23.2. The number of halogens is 1. The average molecular weight is 293 g/mol. The third-order valence-corrected chi connectivity index (χ3v) is 4.21. The lowest BCUT2D eigenvalue weighted by molar-refractivity contribution is 0.0549. The van der Waals surface area contributed by atoms with Crippen molar-refractivity contribution in [1.29, 1.82) is 0 Å². The van der Waals surface area contributed by atoms with Gasteiger partial charge in [-0.15, -0.1) is 0 Å². The molecule has 0 aliphatic carbocycles. The molecule has 1 saturated heterocycles. The maximum atomic E-state index is 10.1. The molecule has 0 unspecified atom stereocenters. The highest BCUT2D eigenvalue weighted by Gasteiger charge is 2.27. The number of benzene rings is 1. The van der Waals surface area contributed by atoms with Gasteiger partial charge in [-0.1, -0.05) is 11.6 Å². The second kappa shape index (κ2) is 5.56. The molecular formula is C15H17ClN2O2. The van der Waals surface area contributed by atoms with Gasteiger partial charge in [0.2, 0.25) is 0 Å². The molecule has 4 nitrogen and oxygen atoms in total. The van der Waals surface area contributed by atoms with Crippen LogP contribution in [0.1, 0.15) is 6.42 Å². The van der Waals surface area contributed by atoms with Gasteiger partial charge in [-0.2, -0.15) is 0 Å². The zero-order chi connectivity index (χ0) is 14.1. The van der Waals surface area contributed by atoms with Gasteiger partial charge < -0.3 is 15.1 Å². The smallest absolute Gasteiger partial charge is 0.0765 e. The van der Waals surface area contributed by atoms with Gasteiger partial charge in [0.05, 0.1) is 11.6 Å². The van der Waals surface area contributed by atoms with Crippen LogP contribution in [0.5, 0.6) is 0 Å². The molecule has 20 heavy (non-hydrogen) atoms. The fourth-order valence-electron chi connectivity index (χ4n) is 2.79. The van der Waals surface area contributed by atoms with Gasteiger partial charge in [0, 0.05) is 47.9 Å². The number of aliphatic hydroxyl groups excluding tert-OH is 2. The van der Waals surface area contributed by atoms with Gasteiger partial charge in [0.25, 0.3) is 0 Å². The molecule has 1 aromatic carbocycles. The molecule has 0 spiro atoms. The van der Waals surface area contributed by atoms with Crippen molar-refractivity contribution in [2.75, 3.05) is 24.6 Å². The van der Waals surface area contributed by atoms with Gasteiger partial charge in [0.1, 0.15) is 0 Å². The Morgan fingerprint density at radius 2 is 2.20 bits per heavy atom. The predicted octanol–water partition coefficient (Wildman–Crippen LogP) is 2.07. The fraction of sp³-hybridized carbons (Fsp3) is 0.400. The molecule has 0 saturated carbocycles. The van der Waals surface area contributed by atoms with E-state index in [2.05, 4.69) is 9.88 Å². The molecule has 1 aliphatic heterocycles. The zero-order valence-corrected chi connectivity index (χ0v) is 11.8. The summed E-state index contributed by atoms with van der Waals surface area (Å²) in [5, 5.41) is 21.0. The molecular weight excluding hydrogens is 276 g/mol. The van der Waals surface area contributed by atoms with E-state index >= 15 is 0 Å². The first-order valence-corrected chi connectivity index (χ1v) is 7.15. The number of piperidine rings is 1. The quantitative estimate of drug-likeness (QED) is 0.890. The van der Waals surface area contributed by atoms with E-state index in [1.807, 2.05) is 24.3 Å². The van der Waals surface area contributed by atoms with E-state index in [1.54, 1.807) is 6.20 Å². The standard InChI is InChI=1S/C15H17ClN2O2/c16-11-1-2-12-13(7-11)17-5-3-14(12)18-6-4-10(9-19)15(20)8-18/h1-3,5,7,10,15,19-20H,4,6,8-9H2/t10-,15+/m0/s1. The number of anilines is 1. The van der Waals surface area contributed by atoms with Crippen LogP contribution in [-0.4, -0.2) is 41.0 Å². The van der Waals surface area contributed by atoms with E-state index in [0.717, 1.165) is 29.6 Å². The summed E-state index contributed by atoms with van der Waals surface area (Å²) in [5.74, 6) is -0.0196. The van der Waals surface area contributed by atoms with Crippen molar-refractivity contribution < 1.29 is 10.2 Å². The van der Waals surface area contributed by atoms with Crippen LogP contribution in [0.15, 0.2) is 30.5 Å². The second-order valence-electron chi connectivity index (χ2n) is 5.24. The van der Waals surface area contributed by atoms with Gasteiger partial charge in [-0.05, 0) is 30.7 Å². The number of rotatable bonds is 2. The molecule has 2 N–H and O–H groups in total. The minimum atomic E-state index is -0.496. The Labute approximate surface area is 122 Å². The molecule has 3 rings (SSSR count). The molecule has 0 amide bonds. The van der Waals surface area contributed by atoms with E-state index in [4.69, 9.17) is 11.6 Å². The average Bonchev–Trinajstić information content (AvgIpc) is 2.46. The lowest BCUT2D eigenvalue weighted by Gasteiger charge is -2.37. The Balaban J connectivity index is 1.95. The Hall–Kier alpha value is -1.36. The predicted molar refractivity (Wildman–Crippen MR) is 80.2 cm³/mol. The molecule has 2 heterocycles. The van der Waals surface area contributed by atoms with Gasteiger partial charge >= 0.3 is 0 Å². The van der Waals surface area contributed by atoms with Crippen molar-refractivity contribution in [3.63, 3.8) is 0 Å². The van der Waals surface area contributed by atoms with Crippen molar-refractivity contribution in [3.8, 4) is 0 Å². The maximum Gasteiger partial charge on any atom is 0.0765 e. The van der Waals surface area contributed by atoms with Crippen molar-refractivity contribution >= 4 is 28.2 Å². The van der Waals surface area contributed by atoms with Crippen LogP contribution in [-0.2, 0) is 0 Å². The van der Waals surface area contributed by atoms with Crippen LogP contribution in [0.2, 0.25) is 5.02 Å². The molecule has 106 valence electrons. The van der Waals surface area contributed by atoms with Gasteiger partial charge in [-0.3, -0.25) is 4.98 Å². The van der Waals surface area contributed by atoms with E-state index in [-0.39, 0.29) is 12.5 Å². The van der Waals surface area contributed by atoms with Crippen molar-refractivity contribution in [3.05, 3.63) is 35.5 Å².